The van der Waals surface area contributed by atoms with Gasteiger partial charge in [-0.3, -0.25) is 25.0 Å². The maximum Gasteiger partial charge on any atom is 0.329 e. The van der Waals surface area contributed by atoms with Crippen LogP contribution in [-0.2, 0) is 4.79 Å². The van der Waals surface area contributed by atoms with Crippen molar-refractivity contribution in [3.05, 3.63) is 48.3 Å². The van der Waals surface area contributed by atoms with E-state index in [2.05, 4.69) is 50.9 Å². The number of anilines is 1. The van der Waals surface area contributed by atoms with Crippen LogP contribution < -0.4 is 10.2 Å². The molecule has 0 radical (unpaired) electrons. The van der Waals surface area contributed by atoms with Crippen LogP contribution >= 0.6 is 34.8 Å². The van der Waals surface area contributed by atoms with E-state index in [4.69, 9.17) is 34.8 Å². The number of halogens is 3. The number of nitro groups is 2. The summed E-state index contributed by atoms with van der Waals surface area (Å²) in [7, 11) is 0. The summed E-state index contributed by atoms with van der Waals surface area (Å²) in [5.74, 6) is 0.639. The number of carbonyl (C=O) groups excluding carboxylic acids is 1. The van der Waals surface area contributed by atoms with Crippen LogP contribution in [0.15, 0.2) is 12.4 Å². The van der Waals surface area contributed by atoms with Crippen LogP contribution in [0.25, 0.3) is 0 Å². The van der Waals surface area contributed by atoms with Crippen molar-refractivity contribution in [2.24, 2.45) is 0 Å². The molecule has 4 rings (SSSR count). The van der Waals surface area contributed by atoms with E-state index >= 15 is 0 Å². The molecular weight excluding hydrogens is 635 g/mol. The van der Waals surface area contributed by atoms with Crippen molar-refractivity contribution in [3.63, 3.8) is 0 Å². The normalized spacial score (nSPS) is 16.0. The fourth-order valence-corrected chi connectivity index (χ4v) is 5.65. The van der Waals surface area contributed by atoms with E-state index in [-0.39, 0.29) is 52.4 Å². The van der Waals surface area contributed by atoms with Gasteiger partial charge in [0, 0.05) is 18.1 Å². The second-order valence-electron chi connectivity index (χ2n) is 10.5. The minimum atomic E-state index is -0.682. The predicted octanol–water partition coefficient (Wildman–Crippen LogP) is 7.80. The highest BCUT2D eigenvalue weighted by Gasteiger charge is 2.32. The van der Waals surface area contributed by atoms with Crippen molar-refractivity contribution in [2.45, 2.75) is 123 Å². The zero-order valence-electron chi connectivity index (χ0n) is 24.8. The van der Waals surface area contributed by atoms with Crippen LogP contribution in [0.3, 0.4) is 0 Å². The Morgan fingerprint density at radius 2 is 1.43 bits per heavy atom. The standard InChI is InChI=1S/C13H19ClN4O2.C10H19NO.C4HCl2N3O2.CH4/c1-3-9(2)17(10-6-4-5-7-10)12-11(18(19)20)8-15-13(14)16-12;1-3-10(8(2)12)11-9-6-4-5-7-9;5-3-2(9(10)11)1-7-4(6)8-3;/h8-10H,3-7H2,1-2H3;9-11H,3-7H2,1-2H3;1H;1H4/t9-;10-;;/m01../s1. The average molecular weight is 678 g/mol. The molecule has 2 aliphatic carbocycles. The highest BCUT2D eigenvalue weighted by molar-refractivity contribution is 6.33. The van der Waals surface area contributed by atoms with Gasteiger partial charge in [-0.15, -0.1) is 0 Å². The van der Waals surface area contributed by atoms with Crippen LogP contribution in [0.4, 0.5) is 17.2 Å². The first-order valence-corrected chi connectivity index (χ1v) is 15.6. The Morgan fingerprint density at radius 3 is 1.89 bits per heavy atom. The quantitative estimate of drug-likeness (QED) is 0.113. The molecule has 0 amide bonds. The van der Waals surface area contributed by atoms with Gasteiger partial charge < -0.3 is 10.2 Å². The summed E-state index contributed by atoms with van der Waals surface area (Å²) in [6, 6.07) is 1.20. The summed E-state index contributed by atoms with van der Waals surface area (Å²) in [6.45, 7) is 7.88. The third kappa shape index (κ3) is 12.0. The van der Waals surface area contributed by atoms with Gasteiger partial charge in [0.1, 0.15) is 18.2 Å². The lowest BCUT2D eigenvalue weighted by Crippen LogP contribution is -2.41. The van der Waals surface area contributed by atoms with Gasteiger partial charge in [0.15, 0.2) is 0 Å². The third-order valence-corrected chi connectivity index (χ3v) is 8.17. The second-order valence-corrected chi connectivity index (χ2v) is 11.5. The molecule has 0 aromatic carbocycles. The zero-order valence-corrected chi connectivity index (χ0v) is 27.1. The van der Waals surface area contributed by atoms with Crippen molar-refractivity contribution in [1.29, 1.82) is 0 Å². The van der Waals surface area contributed by atoms with Gasteiger partial charge in [-0.2, -0.15) is 9.97 Å². The van der Waals surface area contributed by atoms with Crippen LogP contribution in [-0.4, -0.2) is 59.7 Å². The molecule has 2 atom stereocenters. The molecule has 0 spiro atoms. The Kier molecular flexibility index (Phi) is 17.5. The molecule has 0 unspecified atom stereocenters. The van der Waals surface area contributed by atoms with Crippen LogP contribution in [0, 0.1) is 20.2 Å². The Morgan fingerprint density at radius 1 is 0.932 bits per heavy atom. The number of nitrogens with zero attached hydrogens (tertiary/aromatic N) is 7. The lowest BCUT2D eigenvalue weighted by Gasteiger charge is -2.34. The molecule has 2 heterocycles. The van der Waals surface area contributed by atoms with Gasteiger partial charge in [0.05, 0.1) is 15.9 Å². The maximum atomic E-state index is 11.2. The molecule has 2 saturated carbocycles. The lowest BCUT2D eigenvalue weighted by atomic mass is 10.1. The molecule has 2 fully saturated rings. The summed E-state index contributed by atoms with van der Waals surface area (Å²) in [4.78, 5) is 48.1. The van der Waals surface area contributed by atoms with Crippen LogP contribution in [0.1, 0.15) is 99.3 Å². The number of Topliss-reactive ketones (excluding diaryl/α,β-unsaturated/α-hetero) is 1. The lowest BCUT2D eigenvalue weighted by molar-refractivity contribution is -0.385. The Hall–Kier alpha value is -2.74. The van der Waals surface area contributed by atoms with E-state index in [1.54, 1.807) is 6.92 Å². The Balaban J connectivity index is 0.000000348. The molecule has 2 aromatic heterocycles. The van der Waals surface area contributed by atoms with Crippen molar-refractivity contribution < 1.29 is 14.6 Å². The fraction of sp³-hybridized carbons (Fsp3) is 0.679. The first-order chi connectivity index (χ1) is 20.4. The van der Waals surface area contributed by atoms with Crippen molar-refractivity contribution in [3.8, 4) is 0 Å². The summed E-state index contributed by atoms with van der Waals surface area (Å²) < 4.78 is 0. The molecule has 13 nitrogen and oxygen atoms in total. The number of nitrogens with one attached hydrogen (secondary N) is 1. The first kappa shape index (κ1) is 39.3. The summed E-state index contributed by atoms with van der Waals surface area (Å²) in [5, 5.41) is 24.5. The molecule has 246 valence electrons. The molecule has 0 bridgehead atoms. The molecule has 0 aliphatic heterocycles. The predicted molar refractivity (Wildman–Crippen MR) is 174 cm³/mol. The van der Waals surface area contributed by atoms with Gasteiger partial charge >= 0.3 is 11.4 Å². The van der Waals surface area contributed by atoms with Crippen molar-refractivity contribution in [2.75, 3.05) is 4.90 Å². The van der Waals surface area contributed by atoms with E-state index in [1.807, 2.05) is 0 Å². The number of carbonyl (C=O) groups is 1. The van der Waals surface area contributed by atoms with Gasteiger partial charge in [-0.1, -0.05) is 58.6 Å². The molecule has 2 aromatic rings. The molecule has 2 aliphatic rings. The Bertz CT molecular complexity index is 1230. The number of ketones is 1. The third-order valence-electron chi connectivity index (χ3n) is 7.53. The number of rotatable bonds is 10. The Labute approximate surface area is 273 Å². The van der Waals surface area contributed by atoms with E-state index in [9.17, 15) is 25.0 Å². The monoisotopic (exact) mass is 676 g/mol. The highest BCUT2D eigenvalue weighted by atomic mass is 35.5. The minimum Gasteiger partial charge on any atom is -0.345 e. The van der Waals surface area contributed by atoms with Crippen LogP contribution in [0.2, 0.25) is 15.7 Å². The van der Waals surface area contributed by atoms with E-state index in [0.29, 0.717) is 17.9 Å². The molecule has 1 N–H and O–H groups in total. The smallest absolute Gasteiger partial charge is 0.329 e. The molecule has 16 heteroatoms. The largest absolute Gasteiger partial charge is 0.345 e. The van der Waals surface area contributed by atoms with Crippen molar-refractivity contribution >= 4 is 57.8 Å². The molecular formula is C28H43Cl3N8O5. The SMILES string of the molecule is C.CC[C@@H](NC1CCCC1)C(C)=O.CC[C@H](C)N(c1nc(Cl)ncc1[N+](=O)[O-])C1CCCC1.O=[N+]([O-])c1cnc(Cl)nc1Cl. The number of hydrogen-bond donors (Lipinski definition) is 1. The minimum absolute atomic E-state index is 0. The summed E-state index contributed by atoms with van der Waals surface area (Å²) in [6.07, 6.45) is 13.5. The number of aromatic nitrogens is 4. The topological polar surface area (TPSA) is 170 Å². The number of hydrogen-bond acceptors (Lipinski definition) is 11. The van der Waals surface area contributed by atoms with Gasteiger partial charge in [-0.25, -0.2) is 9.97 Å². The van der Waals surface area contributed by atoms with Crippen LogP contribution in [0.5, 0.6) is 0 Å². The molecule has 44 heavy (non-hydrogen) atoms. The second kappa shape index (κ2) is 19.6. The van der Waals surface area contributed by atoms with E-state index in [0.717, 1.165) is 44.7 Å². The highest BCUT2D eigenvalue weighted by Crippen LogP contribution is 2.35. The van der Waals surface area contributed by atoms with Gasteiger partial charge in [0.25, 0.3) is 0 Å². The molecule has 0 saturated heterocycles. The maximum absolute atomic E-state index is 11.2. The first-order valence-electron chi connectivity index (χ1n) is 14.4. The van der Waals surface area contributed by atoms with E-state index in [1.165, 1.54) is 31.9 Å². The van der Waals surface area contributed by atoms with Gasteiger partial charge in [-0.05, 0) is 75.6 Å². The summed E-state index contributed by atoms with van der Waals surface area (Å²) >= 11 is 16.5. The zero-order chi connectivity index (χ0) is 32.1. The fourth-order valence-electron chi connectivity index (χ4n) is 5.14. The van der Waals surface area contributed by atoms with Gasteiger partial charge in [0.2, 0.25) is 21.5 Å². The van der Waals surface area contributed by atoms with E-state index < -0.39 is 9.85 Å². The van der Waals surface area contributed by atoms with Crippen molar-refractivity contribution in [1.82, 2.24) is 25.3 Å². The average Bonchev–Trinajstić information content (AvgIpc) is 3.67. The summed E-state index contributed by atoms with van der Waals surface area (Å²) in [5.41, 5.74) is -0.419.